The number of ether oxygens (including phenoxy) is 1. The number of nitrogens with zero attached hydrogens (tertiary/aromatic N) is 1. The maximum Gasteiger partial charge on any atom is 0.418 e. The van der Waals surface area contributed by atoms with Crippen molar-refractivity contribution in [3.63, 3.8) is 0 Å². The van der Waals surface area contributed by atoms with Gasteiger partial charge in [0.2, 0.25) is 0 Å². The SMILES string of the molecule is CCOC(=O)NC(=O)N[C@@H](c1ccc(C(F)(F)F)cc1)c1ncccc1C(F)(F)F. The van der Waals surface area contributed by atoms with Gasteiger partial charge in [-0.3, -0.25) is 4.98 Å². The molecule has 30 heavy (non-hydrogen) atoms. The van der Waals surface area contributed by atoms with Gasteiger partial charge in [0, 0.05) is 6.20 Å². The standard InChI is InChI=1S/C18H15F6N3O3/c1-2-30-16(29)27-15(28)26-13(10-5-7-11(8-6-10)17(19,20)21)14-12(18(22,23)24)4-3-9-25-14/h3-9,13H,2H2,1H3,(H2,26,27,28,29)/t13-/m0/s1. The molecule has 0 spiro atoms. The minimum atomic E-state index is -4.85. The van der Waals surface area contributed by atoms with Crippen LogP contribution in [0, 0.1) is 0 Å². The topological polar surface area (TPSA) is 80.3 Å². The molecule has 0 unspecified atom stereocenters. The zero-order chi connectivity index (χ0) is 22.5. The molecule has 1 aromatic carbocycles. The number of carbonyl (C=O) groups excluding carboxylic acids is 2. The Bertz CT molecular complexity index is 897. The molecule has 0 aliphatic rings. The molecule has 162 valence electrons. The lowest BCUT2D eigenvalue weighted by atomic mass is 9.98. The molecule has 12 heteroatoms. The van der Waals surface area contributed by atoms with Crippen LogP contribution in [0.1, 0.15) is 35.3 Å². The number of pyridine rings is 1. The van der Waals surface area contributed by atoms with E-state index >= 15 is 0 Å². The van der Waals surface area contributed by atoms with Gasteiger partial charge in [0.1, 0.15) is 0 Å². The number of amides is 3. The minimum absolute atomic E-state index is 0.0695. The number of nitrogens with one attached hydrogen (secondary N) is 2. The van der Waals surface area contributed by atoms with Gasteiger partial charge in [0.25, 0.3) is 0 Å². The Labute approximate surface area is 166 Å². The molecule has 1 aromatic heterocycles. The second-order valence-corrected chi connectivity index (χ2v) is 5.81. The van der Waals surface area contributed by atoms with Gasteiger partial charge < -0.3 is 10.1 Å². The van der Waals surface area contributed by atoms with Crippen LogP contribution in [0.3, 0.4) is 0 Å². The Morgan fingerprint density at radius 3 is 2.20 bits per heavy atom. The molecule has 0 aliphatic carbocycles. The van der Waals surface area contributed by atoms with Gasteiger partial charge in [-0.1, -0.05) is 12.1 Å². The van der Waals surface area contributed by atoms with Crippen LogP contribution in [0.25, 0.3) is 0 Å². The van der Waals surface area contributed by atoms with Gasteiger partial charge in [-0.25, -0.2) is 14.9 Å². The average molecular weight is 435 g/mol. The van der Waals surface area contributed by atoms with E-state index in [1.807, 2.05) is 0 Å². The number of alkyl carbamates (subject to hydrolysis) is 1. The smallest absolute Gasteiger partial charge is 0.418 e. The summed E-state index contributed by atoms with van der Waals surface area (Å²) >= 11 is 0. The van der Waals surface area contributed by atoms with E-state index in [0.29, 0.717) is 18.2 Å². The minimum Gasteiger partial charge on any atom is -0.450 e. The fourth-order valence-electron chi connectivity index (χ4n) is 2.49. The normalized spacial score (nSPS) is 12.8. The molecule has 3 amide bonds. The maximum atomic E-state index is 13.4. The fourth-order valence-corrected chi connectivity index (χ4v) is 2.49. The quantitative estimate of drug-likeness (QED) is 0.685. The lowest BCUT2D eigenvalue weighted by Crippen LogP contribution is -2.42. The van der Waals surface area contributed by atoms with Crippen LogP contribution in [0.2, 0.25) is 0 Å². The third-order valence-electron chi connectivity index (χ3n) is 3.76. The molecule has 0 aliphatic heterocycles. The lowest BCUT2D eigenvalue weighted by molar-refractivity contribution is -0.139. The highest BCUT2D eigenvalue weighted by molar-refractivity contribution is 5.91. The van der Waals surface area contributed by atoms with Gasteiger partial charge in [0.15, 0.2) is 0 Å². The van der Waals surface area contributed by atoms with Crippen molar-refractivity contribution >= 4 is 12.1 Å². The van der Waals surface area contributed by atoms with Gasteiger partial charge in [-0.2, -0.15) is 26.3 Å². The number of hydrogen-bond acceptors (Lipinski definition) is 4. The fraction of sp³-hybridized carbons (Fsp3) is 0.278. The van der Waals surface area contributed by atoms with E-state index in [1.165, 1.54) is 6.92 Å². The molecule has 2 rings (SSSR count). The highest BCUT2D eigenvalue weighted by atomic mass is 19.4. The summed E-state index contributed by atoms with van der Waals surface area (Å²) in [6.45, 7) is 1.39. The van der Waals surface area contributed by atoms with E-state index in [-0.39, 0.29) is 12.2 Å². The third-order valence-corrected chi connectivity index (χ3v) is 3.76. The number of alkyl halides is 6. The number of benzene rings is 1. The van der Waals surface area contributed by atoms with E-state index in [1.54, 1.807) is 5.32 Å². The first-order valence-corrected chi connectivity index (χ1v) is 8.37. The van der Waals surface area contributed by atoms with Crippen LogP contribution >= 0.6 is 0 Å². The molecule has 6 nitrogen and oxygen atoms in total. The predicted molar refractivity (Wildman–Crippen MR) is 91.2 cm³/mol. The summed E-state index contributed by atoms with van der Waals surface area (Å²) in [6, 6.07) is 2.03. The Morgan fingerprint density at radius 2 is 1.67 bits per heavy atom. The Hall–Kier alpha value is -3.31. The summed E-state index contributed by atoms with van der Waals surface area (Å²) in [5.74, 6) is 0. The van der Waals surface area contributed by atoms with Crippen molar-refractivity contribution in [3.05, 3.63) is 65.0 Å². The van der Waals surface area contributed by atoms with Crippen molar-refractivity contribution in [3.8, 4) is 0 Å². The monoisotopic (exact) mass is 435 g/mol. The summed E-state index contributed by atoms with van der Waals surface area (Å²) in [5, 5.41) is 3.86. The van der Waals surface area contributed by atoms with Gasteiger partial charge in [0.05, 0.1) is 29.5 Å². The molecule has 0 fully saturated rings. The van der Waals surface area contributed by atoms with Crippen molar-refractivity contribution < 1.29 is 40.7 Å². The molecule has 2 N–H and O–H groups in total. The van der Waals surface area contributed by atoms with E-state index in [4.69, 9.17) is 0 Å². The molecule has 2 aromatic rings. The highest BCUT2D eigenvalue weighted by Gasteiger charge is 2.37. The van der Waals surface area contributed by atoms with Crippen molar-refractivity contribution in [1.82, 2.24) is 15.6 Å². The number of imide groups is 1. The average Bonchev–Trinajstić information content (AvgIpc) is 2.65. The molecule has 0 saturated carbocycles. The maximum absolute atomic E-state index is 13.4. The third kappa shape index (κ3) is 5.84. The number of rotatable bonds is 4. The molecule has 0 saturated heterocycles. The van der Waals surface area contributed by atoms with Crippen LogP contribution in [-0.2, 0) is 17.1 Å². The van der Waals surface area contributed by atoms with E-state index in [2.05, 4.69) is 15.0 Å². The predicted octanol–water partition coefficient (Wildman–Crippen LogP) is 4.66. The first-order valence-electron chi connectivity index (χ1n) is 8.37. The first-order chi connectivity index (χ1) is 13.9. The number of aromatic nitrogens is 1. The Balaban J connectivity index is 2.47. The molecule has 1 heterocycles. The number of hydrogen-bond donors (Lipinski definition) is 2. The van der Waals surface area contributed by atoms with Gasteiger partial charge >= 0.3 is 24.5 Å². The van der Waals surface area contributed by atoms with Crippen LogP contribution < -0.4 is 10.6 Å². The largest absolute Gasteiger partial charge is 0.450 e. The molecule has 1 atom stereocenters. The van der Waals surface area contributed by atoms with Gasteiger partial charge in [-0.05, 0) is 36.8 Å². The number of carbonyl (C=O) groups is 2. The number of halogens is 6. The summed E-state index contributed by atoms with van der Waals surface area (Å²) in [5.41, 5.74) is -3.01. The van der Waals surface area contributed by atoms with Crippen molar-refractivity contribution in [1.29, 1.82) is 0 Å². The number of urea groups is 1. The summed E-state index contributed by atoms with van der Waals surface area (Å²) in [7, 11) is 0. The van der Waals surface area contributed by atoms with E-state index in [9.17, 15) is 35.9 Å². The van der Waals surface area contributed by atoms with Crippen LogP contribution in [-0.4, -0.2) is 23.7 Å². The van der Waals surface area contributed by atoms with Crippen LogP contribution in [0.4, 0.5) is 35.9 Å². The van der Waals surface area contributed by atoms with E-state index in [0.717, 1.165) is 24.4 Å². The summed E-state index contributed by atoms with van der Waals surface area (Å²) in [6.07, 6.45) is -9.64. The van der Waals surface area contributed by atoms with Crippen molar-refractivity contribution in [2.45, 2.75) is 25.3 Å². The summed E-state index contributed by atoms with van der Waals surface area (Å²) < 4.78 is 83.1. The molecule has 0 bridgehead atoms. The summed E-state index contributed by atoms with van der Waals surface area (Å²) in [4.78, 5) is 27.1. The van der Waals surface area contributed by atoms with Crippen molar-refractivity contribution in [2.24, 2.45) is 0 Å². The zero-order valence-electron chi connectivity index (χ0n) is 15.3. The van der Waals surface area contributed by atoms with Crippen LogP contribution in [0.5, 0.6) is 0 Å². The molecular formula is C18H15F6N3O3. The van der Waals surface area contributed by atoms with Crippen molar-refractivity contribution in [2.75, 3.05) is 6.61 Å². The highest BCUT2D eigenvalue weighted by Crippen LogP contribution is 2.36. The molecular weight excluding hydrogens is 420 g/mol. The van der Waals surface area contributed by atoms with Gasteiger partial charge in [-0.15, -0.1) is 0 Å². The second-order valence-electron chi connectivity index (χ2n) is 5.81. The zero-order valence-corrected chi connectivity index (χ0v) is 15.3. The Morgan fingerprint density at radius 1 is 1.03 bits per heavy atom. The van der Waals surface area contributed by atoms with E-state index < -0.39 is 47.3 Å². The second kappa shape index (κ2) is 9.01. The Kier molecular flexibility index (Phi) is 6.90. The van der Waals surface area contributed by atoms with Crippen LogP contribution in [0.15, 0.2) is 42.6 Å². The first kappa shape index (κ1) is 23.0. The lowest BCUT2D eigenvalue weighted by Gasteiger charge is -2.22. The molecule has 0 radical (unpaired) electrons.